The third-order valence-electron chi connectivity index (χ3n) is 4.18. The minimum absolute atomic E-state index is 0.626. The maximum Gasteiger partial charge on any atom is 0.154 e. The molecule has 0 bridgehead atoms. The molecule has 0 aliphatic rings. The van der Waals surface area contributed by atoms with E-state index in [2.05, 4.69) is 16.5 Å². The smallest absolute Gasteiger partial charge is 0.154 e. The fraction of sp³-hybridized carbons (Fsp3) is 0.130. The van der Waals surface area contributed by atoms with Crippen LogP contribution in [-0.2, 0) is 5.75 Å². The minimum atomic E-state index is 0.626. The molecule has 3 aromatic carbocycles. The molecule has 6 heteroatoms. The SMILES string of the molecule is COc1cccc(SCc2ccccc2)c1C=O.COc1cccc2sncc12. The van der Waals surface area contributed by atoms with Crippen molar-refractivity contribution in [1.82, 2.24) is 4.37 Å². The average molecular weight is 424 g/mol. The van der Waals surface area contributed by atoms with E-state index in [0.29, 0.717) is 11.3 Å². The van der Waals surface area contributed by atoms with E-state index in [4.69, 9.17) is 9.47 Å². The Kier molecular flexibility index (Phi) is 7.67. The van der Waals surface area contributed by atoms with Crippen LogP contribution in [0.4, 0.5) is 0 Å². The first kappa shape index (κ1) is 20.9. The summed E-state index contributed by atoms with van der Waals surface area (Å²) in [6.45, 7) is 0. The van der Waals surface area contributed by atoms with Crippen molar-refractivity contribution in [3.8, 4) is 11.5 Å². The van der Waals surface area contributed by atoms with Crippen molar-refractivity contribution in [2.45, 2.75) is 10.6 Å². The van der Waals surface area contributed by atoms with Crippen LogP contribution in [-0.4, -0.2) is 24.9 Å². The number of nitrogens with zero attached hydrogens (tertiary/aromatic N) is 1. The number of hydrogen-bond acceptors (Lipinski definition) is 6. The number of carbonyl (C=O) groups excluding carboxylic acids is 1. The summed E-state index contributed by atoms with van der Waals surface area (Å²) in [4.78, 5) is 12.1. The standard InChI is InChI=1S/C15H14O2S.C8H7NOS/c1-17-14-8-5-9-15(13(14)10-16)18-11-12-6-3-2-4-7-12;1-10-7-3-2-4-8-6(7)5-9-11-8/h2-10H,11H2,1H3;2-5H,1H3. The molecule has 0 unspecified atom stereocenters. The van der Waals surface area contributed by atoms with Gasteiger partial charge in [-0.05, 0) is 41.4 Å². The molecule has 0 amide bonds. The Morgan fingerprint density at radius 1 is 0.931 bits per heavy atom. The van der Waals surface area contributed by atoms with Gasteiger partial charge >= 0.3 is 0 Å². The Hall–Kier alpha value is -2.83. The molecule has 0 aliphatic heterocycles. The van der Waals surface area contributed by atoms with E-state index in [0.717, 1.165) is 28.1 Å². The van der Waals surface area contributed by atoms with Crippen molar-refractivity contribution in [1.29, 1.82) is 0 Å². The Morgan fingerprint density at radius 3 is 2.38 bits per heavy atom. The largest absolute Gasteiger partial charge is 0.496 e. The van der Waals surface area contributed by atoms with Gasteiger partial charge in [0.05, 0.1) is 36.1 Å². The van der Waals surface area contributed by atoms with Gasteiger partial charge in [0.2, 0.25) is 0 Å². The molecule has 29 heavy (non-hydrogen) atoms. The summed E-state index contributed by atoms with van der Waals surface area (Å²) in [6, 6.07) is 21.8. The summed E-state index contributed by atoms with van der Waals surface area (Å²) >= 11 is 3.13. The van der Waals surface area contributed by atoms with Gasteiger partial charge in [-0.2, -0.15) is 4.37 Å². The highest BCUT2D eigenvalue weighted by Gasteiger charge is 2.08. The van der Waals surface area contributed by atoms with Crippen molar-refractivity contribution >= 4 is 39.7 Å². The van der Waals surface area contributed by atoms with Gasteiger partial charge in [0.1, 0.15) is 11.5 Å². The molecule has 148 valence electrons. The molecule has 0 atom stereocenters. The molecule has 4 nitrogen and oxygen atoms in total. The zero-order valence-corrected chi connectivity index (χ0v) is 17.8. The van der Waals surface area contributed by atoms with Crippen molar-refractivity contribution < 1.29 is 14.3 Å². The van der Waals surface area contributed by atoms with Gasteiger partial charge in [-0.3, -0.25) is 4.79 Å². The van der Waals surface area contributed by atoms with E-state index in [1.54, 1.807) is 32.0 Å². The number of thioether (sulfide) groups is 1. The summed E-state index contributed by atoms with van der Waals surface area (Å²) in [5, 5.41) is 1.10. The molecule has 1 heterocycles. The van der Waals surface area contributed by atoms with Crippen LogP contribution in [0, 0.1) is 0 Å². The van der Waals surface area contributed by atoms with Crippen molar-refractivity contribution in [2.24, 2.45) is 0 Å². The van der Waals surface area contributed by atoms with E-state index < -0.39 is 0 Å². The summed E-state index contributed by atoms with van der Waals surface area (Å²) < 4.78 is 15.6. The van der Waals surface area contributed by atoms with Gasteiger partial charge in [0.15, 0.2) is 6.29 Å². The maximum absolute atomic E-state index is 11.1. The molecule has 0 saturated carbocycles. The Bertz CT molecular complexity index is 1060. The molecule has 1 aromatic heterocycles. The first-order valence-electron chi connectivity index (χ1n) is 8.93. The first-order valence-corrected chi connectivity index (χ1v) is 10.7. The van der Waals surface area contributed by atoms with Crippen molar-refractivity contribution in [2.75, 3.05) is 14.2 Å². The van der Waals surface area contributed by atoms with E-state index in [-0.39, 0.29) is 0 Å². The van der Waals surface area contributed by atoms with Crippen LogP contribution in [0.15, 0.2) is 77.8 Å². The number of ether oxygens (including phenoxy) is 2. The van der Waals surface area contributed by atoms with Crippen LogP contribution in [0.3, 0.4) is 0 Å². The predicted octanol–water partition coefficient (Wildman–Crippen LogP) is 6.10. The molecule has 0 saturated heterocycles. The fourth-order valence-electron chi connectivity index (χ4n) is 2.72. The van der Waals surface area contributed by atoms with Gasteiger partial charge in [0.25, 0.3) is 0 Å². The molecule has 4 aromatic rings. The number of hydrogen-bond donors (Lipinski definition) is 0. The zero-order chi connectivity index (χ0) is 20.5. The first-order chi connectivity index (χ1) is 14.3. The number of rotatable bonds is 6. The molecule has 0 N–H and O–H groups in total. The van der Waals surface area contributed by atoms with Crippen LogP contribution >= 0.6 is 23.3 Å². The number of aldehydes is 1. The van der Waals surface area contributed by atoms with Gasteiger partial charge in [-0.15, -0.1) is 11.8 Å². The Balaban J connectivity index is 0.000000186. The maximum atomic E-state index is 11.1. The lowest BCUT2D eigenvalue weighted by Crippen LogP contribution is -1.93. The highest BCUT2D eigenvalue weighted by Crippen LogP contribution is 2.30. The van der Waals surface area contributed by atoms with Crippen LogP contribution in [0.1, 0.15) is 15.9 Å². The van der Waals surface area contributed by atoms with Crippen LogP contribution in [0.5, 0.6) is 11.5 Å². The topological polar surface area (TPSA) is 48.4 Å². The lowest BCUT2D eigenvalue weighted by molar-refractivity contribution is 0.111. The molecule has 0 fully saturated rings. The normalized spacial score (nSPS) is 10.1. The number of aromatic nitrogens is 1. The van der Waals surface area contributed by atoms with Crippen LogP contribution in [0.25, 0.3) is 10.1 Å². The average Bonchev–Trinajstić information content (AvgIpc) is 3.27. The lowest BCUT2D eigenvalue weighted by Gasteiger charge is -2.08. The third-order valence-corrected chi connectivity index (χ3v) is 6.09. The summed E-state index contributed by atoms with van der Waals surface area (Å²) in [6.07, 6.45) is 2.69. The summed E-state index contributed by atoms with van der Waals surface area (Å²) in [7, 11) is 3.25. The van der Waals surface area contributed by atoms with E-state index in [1.807, 2.05) is 54.7 Å². The Labute approximate surface area is 178 Å². The monoisotopic (exact) mass is 423 g/mol. The van der Waals surface area contributed by atoms with Crippen molar-refractivity contribution in [3.63, 3.8) is 0 Å². The summed E-state index contributed by atoms with van der Waals surface area (Å²) in [5.41, 5.74) is 1.86. The van der Waals surface area contributed by atoms with E-state index in [9.17, 15) is 4.79 Å². The fourth-order valence-corrected chi connectivity index (χ4v) is 4.38. The van der Waals surface area contributed by atoms with E-state index >= 15 is 0 Å². The van der Waals surface area contributed by atoms with Gasteiger partial charge in [0, 0.05) is 10.6 Å². The highest BCUT2D eigenvalue weighted by atomic mass is 32.2. The quantitative estimate of drug-likeness (QED) is 0.277. The van der Waals surface area contributed by atoms with E-state index in [1.165, 1.54) is 21.8 Å². The van der Waals surface area contributed by atoms with Gasteiger partial charge in [-0.25, -0.2) is 0 Å². The molecule has 0 spiro atoms. The summed E-state index contributed by atoms with van der Waals surface area (Å²) in [5.74, 6) is 2.37. The lowest BCUT2D eigenvalue weighted by atomic mass is 10.2. The van der Waals surface area contributed by atoms with Crippen molar-refractivity contribution in [3.05, 3.63) is 84.1 Å². The second kappa shape index (κ2) is 10.6. The van der Waals surface area contributed by atoms with Crippen LogP contribution < -0.4 is 9.47 Å². The van der Waals surface area contributed by atoms with Gasteiger partial charge in [-0.1, -0.05) is 42.5 Å². The number of benzene rings is 3. The highest BCUT2D eigenvalue weighted by molar-refractivity contribution is 7.98. The second-order valence-corrected chi connectivity index (χ2v) is 7.81. The predicted molar refractivity (Wildman–Crippen MR) is 121 cm³/mol. The minimum Gasteiger partial charge on any atom is -0.496 e. The number of fused-ring (bicyclic) bond motifs is 1. The number of carbonyl (C=O) groups is 1. The van der Waals surface area contributed by atoms with Crippen LogP contribution in [0.2, 0.25) is 0 Å². The Morgan fingerprint density at radius 2 is 1.66 bits per heavy atom. The molecule has 4 rings (SSSR count). The second-order valence-electron chi connectivity index (χ2n) is 5.96. The molecular formula is C23H21NO3S2. The molecule has 0 aliphatic carbocycles. The number of methoxy groups -OCH3 is 2. The third kappa shape index (κ3) is 5.37. The van der Waals surface area contributed by atoms with Gasteiger partial charge < -0.3 is 9.47 Å². The molecule has 0 radical (unpaired) electrons. The molecular weight excluding hydrogens is 402 g/mol. The zero-order valence-electron chi connectivity index (χ0n) is 16.2.